The quantitative estimate of drug-likeness (QED) is 0.496. The highest BCUT2D eigenvalue weighted by Gasteiger charge is 2.40. The van der Waals surface area contributed by atoms with Crippen LogP contribution < -0.4 is 10.1 Å². The number of fused-ring (bicyclic) bond motifs is 2. The molecule has 0 radical (unpaired) electrons. The molecule has 2 aromatic heterocycles. The van der Waals surface area contributed by atoms with Crippen LogP contribution >= 0.6 is 0 Å². The monoisotopic (exact) mass is 431 g/mol. The average Bonchev–Trinajstić information content (AvgIpc) is 3.12. The van der Waals surface area contributed by atoms with Crippen LogP contribution in [-0.2, 0) is 0 Å². The molecule has 1 amide bonds. The van der Waals surface area contributed by atoms with Crippen molar-refractivity contribution in [2.45, 2.75) is 38.3 Å². The lowest BCUT2D eigenvalue weighted by Gasteiger charge is -2.42. The summed E-state index contributed by atoms with van der Waals surface area (Å²) in [6.07, 6.45) is 5.22. The van der Waals surface area contributed by atoms with Crippen molar-refractivity contribution >= 4 is 33.5 Å². The van der Waals surface area contributed by atoms with Crippen molar-refractivity contribution in [1.29, 1.82) is 0 Å². The number of rotatable bonds is 5. The standard InChI is InChI=1S/C24H25N5O3/c1-24(2,31)15-9-16(10-15)29-13-14-8-20(22(32-3)11-19(14)28-29)27-23(30)21-12-25-17-6-4-5-7-18(17)26-21/h4-8,11-13,15-16,31H,9-10H2,1-3H3,(H,27,30)/t15-,16-. The zero-order valence-corrected chi connectivity index (χ0v) is 18.2. The van der Waals surface area contributed by atoms with Crippen molar-refractivity contribution in [3.8, 4) is 5.75 Å². The first-order valence-electron chi connectivity index (χ1n) is 10.6. The van der Waals surface area contributed by atoms with E-state index in [4.69, 9.17) is 9.84 Å². The lowest BCUT2D eigenvalue weighted by molar-refractivity contribution is -0.0412. The van der Waals surface area contributed by atoms with Crippen LogP contribution in [0, 0.1) is 5.92 Å². The van der Waals surface area contributed by atoms with E-state index in [1.807, 2.05) is 61.1 Å². The van der Waals surface area contributed by atoms with Crippen molar-refractivity contribution in [2.75, 3.05) is 12.4 Å². The molecule has 0 bridgehead atoms. The van der Waals surface area contributed by atoms with Gasteiger partial charge in [0.15, 0.2) is 0 Å². The Bertz CT molecular complexity index is 1320. The number of carbonyl (C=O) groups is 1. The average molecular weight is 431 g/mol. The first kappa shape index (κ1) is 20.4. The number of hydrogen-bond acceptors (Lipinski definition) is 6. The van der Waals surface area contributed by atoms with Crippen LogP contribution in [0.2, 0.25) is 0 Å². The Morgan fingerprint density at radius 3 is 2.66 bits per heavy atom. The molecule has 0 atom stereocenters. The Morgan fingerprint density at radius 2 is 1.94 bits per heavy atom. The molecule has 2 heterocycles. The largest absolute Gasteiger partial charge is 0.494 e. The second-order valence-electron chi connectivity index (χ2n) is 8.89. The molecule has 4 aromatic rings. The number of ether oxygens (including phenoxy) is 1. The van der Waals surface area contributed by atoms with Crippen LogP contribution in [0.1, 0.15) is 43.2 Å². The maximum Gasteiger partial charge on any atom is 0.275 e. The van der Waals surface area contributed by atoms with Gasteiger partial charge in [0.25, 0.3) is 5.91 Å². The van der Waals surface area contributed by atoms with Gasteiger partial charge in [-0.1, -0.05) is 12.1 Å². The zero-order valence-electron chi connectivity index (χ0n) is 18.2. The van der Waals surface area contributed by atoms with Gasteiger partial charge in [-0.2, -0.15) is 5.10 Å². The molecule has 0 spiro atoms. The Labute approximate surface area is 185 Å². The van der Waals surface area contributed by atoms with Crippen LogP contribution in [0.5, 0.6) is 5.75 Å². The predicted octanol–water partition coefficient (Wildman–Crippen LogP) is 3.96. The Morgan fingerprint density at radius 1 is 1.19 bits per heavy atom. The van der Waals surface area contributed by atoms with Crippen LogP contribution in [0.3, 0.4) is 0 Å². The van der Waals surface area contributed by atoms with Crippen LogP contribution in [0.25, 0.3) is 21.9 Å². The van der Waals surface area contributed by atoms with E-state index in [-0.39, 0.29) is 23.6 Å². The Hall–Kier alpha value is -3.52. The van der Waals surface area contributed by atoms with E-state index in [2.05, 4.69) is 15.3 Å². The minimum absolute atomic E-state index is 0.230. The molecule has 8 heteroatoms. The Balaban J connectivity index is 1.40. The highest BCUT2D eigenvalue weighted by molar-refractivity contribution is 6.05. The van der Waals surface area contributed by atoms with E-state index in [1.165, 1.54) is 6.20 Å². The number of nitrogens with zero attached hydrogens (tertiary/aromatic N) is 4. The van der Waals surface area contributed by atoms with E-state index in [0.717, 1.165) is 29.3 Å². The van der Waals surface area contributed by atoms with Gasteiger partial charge in [-0.15, -0.1) is 0 Å². The molecular formula is C24H25N5O3. The van der Waals surface area contributed by atoms with E-state index >= 15 is 0 Å². The number of methoxy groups -OCH3 is 1. The summed E-state index contributed by atoms with van der Waals surface area (Å²) in [6, 6.07) is 11.4. The summed E-state index contributed by atoms with van der Waals surface area (Å²) in [6.45, 7) is 3.71. The highest BCUT2D eigenvalue weighted by Crippen LogP contribution is 2.44. The maximum absolute atomic E-state index is 12.8. The lowest BCUT2D eigenvalue weighted by Crippen LogP contribution is -2.41. The molecule has 164 valence electrons. The van der Waals surface area contributed by atoms with Crippen molar-refractivity contribution in [1.82, 2.24) is 19.7 Å². The molecule has 2 aromatic carbocycles. The van der Waals surface area contributed by atoms with Gasteiger partial charge in [0.1, 0.15) is 11.4 Å². The molecule has 1 fully saturated rings. The van der Waals surface area contributed by atoms with Gasteiger partial charge in [-0.25, -0.2) is 4.98 Å². The summed E-state index contributed by atoms with van der Waals surface area (Å²) in [5.41, 5.74) is 2.29. The van der Waals surface area contributed by atoms with E-state index in [1.54, 1.807) is 7.11 Å². The third-order valence-corrected chi connectivity index (χ3v) is 6.26. The summed E-state index contributed by atoms with van der Waals surface area (Å²) >= 11 is 0. The van der Waals surface area contributed by atoms with Gasteiger partial charge in [-0.05, 0) is 50.8 Å². The minimum Gasteiger partial charge on any atom is -0.494 e. The highest BCUT2D eigenvalue weighted by atomic mass is 16.5. The minimum atomic E-state index is -0.671. The van der Waals surface area contributed by atoms with Crippen molar-refractivity contribution < 1.29 is 14.6 Å². The summed E-state index contributed by atoms with van der Waals surface area (Å²) in [7, 11) is 1.56. The molecule has 0 saturated heterocycles. The number of benzene rings is 2. The molecule has 1 saturated carbocycles. The number of para-hydroxylation sites is 2. The number of amides is 1. The van der Waals surface area contributed by atoms with E-state index in [0.29, 0.717) is 17.0 Å². The van der Waals surface area contributed by atoms with Gasteiger partial charge in [0, 0.05) is 17.6 Å². The fraction of sp³-hybridized carbons (Fsp3) is 0.333. The topological polar surface area (TPSA) is 102 Å². The third-order valence-electron chi connectivity index (χ3n) is 6.26. The Kier molecular flexibility index (Phi) is 4.82. The van der Waals surface area contributed by atoms with Crippen LogP contribution in [-0.4, -0.2) is 43.5 Å². The molecule has 1 aliphatic carbocycles. The smallest absolute Gasteiger partial charge is 0.275 e. The summed E-state index contributed by atoms with van der Waals surface area (Å²) in [4.78, 5) is 21.6. The number of carbonyl (C=O) groups excluding carboxylic acids is 1. The van der Waals surface area contributed by atoms with Gasteiger partial charge in [0.05, 0.1) is 47.2 Å². The lowest BCUT2D eigenvalue weighted by atomic mass is 9.71. The molecule has 1 aliphatic rings. The second kappa shape index (κ2) is 7.56. The number of hydrogen-bond donors (Lipinski definition) is 2. The van der Waals surface area contributed by atoms with Crippen LogP contribution in [0.15, 0.2) is 48.8 Å². The fourth-order valence-corrected chi connectivity index (χ4v) is 4.16. The van der Waals surface area contributed by atoms with Gasteiger partial charge in [-0.3, -0.25) is 14.5 Å². The van der Waals surface area contributed by atoms with E-state index < -0.39 is 5.60 Å². The van der Waals surface area contributed by atoms with Crippen molar-refractivity contribution in [3.63, 3.8) is 0 Å². The first-order valence-corrected chi connectivity index (χ1v) is 10.6. The summed E-state index contributed by atoms with van der Waals surface area (Å²) in [5.74, 6) is 0.431. The predicted molar refractivity (Wildman–Crippen MR) is 122 cm³/mol. The number of aliphatic hydroxyl groups is 1. The molecule has 32 heavy (non-hydrogen) atoms. The zero-order chi connectivity index (χ0) is 22.5. The second-order valence-corrected chi connectivity index (χ2v) is 8.89. The maximum atomic E-state index is 12.8. The van der Waals surface area contributed by atoms with Crippen LogP contribution in [0.4, 0.5) is 5.69 Å². The van der Waals surface area contributed by atoms with Gasteiger partial charge >= 0.3 is 0 Å². The molecular weight excluding hydrogens is 406 g/mol. The number of aromatic nitrogens is 4. The molecule has 2 N–H and O–H groups in total. The van der Waals surface area contributed by atoms with Crippen molar-refractivity contribution in [2.24, 2.45) is 5.92 Å². The number of nitrogens with one attached hydrogen (secondary N) is 1. The first-order chi connectivity index (χ1) is 15.3. The van der Waals surface area contributed by atoms with Gasteiger partial charge < -0.3 is 15.2 Å². The summed E-state index contributed by atoms with van der Waals surface area (Å²) < 4.78 is 7.45. The SMILES string of the molecule is COc1cc2nn([C@H]3C[C@H](C(C)(C)O)C3)cc2cc1NC(=O)c1cnc2ccccc2n1. The molecule has 0 aliphatic heterocycles. The normalized spacial score (nSPS) is 18.5. The summed E-state index contributed by atoms with van der Waals surface area (Å²) in [5, 5.41) is 18.7. The number of anilines is 1. The third kappa shape index (κ3) is 3.67. The molecule has 8 nitrogen and oxygen atoms in total. The fourth-order valence-electron chi connectivity index (χ4n) is 4.16. The van der Waals surface area contributed by atoms with E-state index in [9.17, 15) is 9.90 Å². The molecule has 0 unspecified atom stereocenters. The van der Waals surface area contributed by atoms with Gasteiger partial charge in [0.2, 0.25) is 0 Å². The molecule has 5 rings (SSSR count). The van der Waals surface area contributed by atoms with Crippen molar-refractivity contribution in [3.05, 3.63) is 54.5 Å².